The van der Waals surface area contributed by atoms with Crippen molar-refractivity contribution in [1.82, 2.24) is 9.80 Å². The van der Waals surface area contributed by atoms with E-state index in [1.54, 1.807) is 0 Å². The van der Waals surface area contributed by atoms with E-state index >= 15 is 0 Å². The van der Waals surface area contributed by atoms with Crippen molar-refractivity contribution in [1.29, 1.82) is 0 Å². The van der Waals surface area contributed by atoms with E-state index in [1.165, 1.54) is 146 Å². The summed E-state index contributed by atoms with van der Waals surface area (Å²) in [5.41, 5.74) is 2.88. The van der Waals surface area contributed by atoms with Gasteiger partial charge in [-0.15, -0.1) is 0 Å². The van der Waals surface area contributed by atoms with Crippen LogP contribution in [0.5, 0.6) is 0 Å². The third kappa shape index (κ3) is 13.1. The smallest absolute Gasteiger partial charge is 0.123 e. The fraction of sp³-hybridized carbons (Fsp3) is 0.682. The molecule has 258 valence electrons. The van der Waals surface area contributed by atoms with Gasteiger partial charge in [-0.25, -0.2) is 0 Å². The Morgan fingerprint density at radius 2 is 0.826 bits per heavy atom. The Morgan fingerprint density at radius 1 is 0.457 bits per heavy atom. The van der Waals surface area contributed by atoms with Crippen LogP contribution in [0.1, 0.15) is 179 Å². The van der Waals surface area contributed by atoms with Crippen LogP contribution in [-0.4, -0.2) is 28.6 Å². The first-order chi connectivity index (χ1) is 22.8. The highest BCUT2D eigenvalue weighted by Crippen LogP contribution is 2.45. The van der Waals surface area contributed by atoms with Crippen molar-refractivity contribution in [3.8, 4) is 0 Å². The minimum Gasteiger partial charge on any atom is -0.353 e. The summed E-state index contributed by atoms with van der Waals surface area (Å²) >= 11 is 0. The van der Waals surface area contributed by atoms with Crippen LogP contribution in [0.3, 0.4) is 0 Å². The highest BCUT2D eigenvalue weighted by atomic mass is 15.4. The number of nitrogens with zero attached hydrogens (tertiary/aromatic N) is 2. The summed E-state index contributed by atoms with van der Waals surface area (Å²) in [6.45, 7) is 9.34. The van der Waals surface area contributed by atoms with Gasteiger partial charge in [-0.1, -0.05) is 203 Å². The van der Waals surface area contributed by atoms with Gasteiger partial charge in [0, 0.05) is 37.8 Å². The third-order valence-corrected chi connectivity index (χ3v) is 10.7. The standard InChI is InChI=1S/C44H72N2/c1-4-7-9-11-13-15-17-19-21-23-31-37-46-39-38-45(36-30-22-20-18-16-14-12-10-8-5-2)44(46,40-41-32-26-24-27-33-41)43(6-3)42-34-28-25-29-35-42/h24-29,32-35,38-39,43H,4-23,30-31,36-37,40H2,1-3H3. The largest absolute Gasteiger partial charge is 0.353 e. The molecule has 0 N–H and O–H groups in total. The first kappa shape index (κ1) is 38.2. The van der Waals surface area contributed by atoms with Crippen LogP contribution < -0.4 is 0 Å². The lowest BCUT2D eigenvalue weighted by molar-refractivity contribution is -0.00378. The maximum atomic E-state index is 2.78. The third-order valence-electron chi connectivity index (χ3n) is 10.7. The lowest BCUT2D eigenvalue weighted by Crippen LogP contribution is -2.59. The van der Waals surface area contributed by atoms with Crippen molar-refractivity contribution in [2.24, 2.45) is 0 Å². The van der Waals surface area contributed by atoms with Crippen LogP contribution in [0.25, 0.3) is 0 Å². The second-order valence-electron chi connectivity index (χ2n) is 14.3. The van der Waals surface area contributed by atoms with Crippen LogP contribution in [0.4, 0.5) is 0 Å². The predicted octanol–water partition coefficient (Wildman–Crippen LogP) is 13.4. The van der Waals surface area contributed by atoms with Gasteiger partial charge in [-0.05, 0) is 30.4 Å². The van der Waals surface area contributed by atoms with E-state index in [1.807, 2.05) is 0 Å². The Labute approximate surface area is 286 Å². The van der Waals surface area contributed by atoms with Crippen molar-refractivity contribution >= 4 is 0 Å². The second-order valence-corrected chi connectivity index (χ2v) is 14.3. The number of hydrogen-bond donors (Lipinski definition) is 0. The molecule has 2 atom stereocenters. The number of hydrogen-bond acceptors (Lipinski definition) is 2. The van der Waals surface area contributed by atoms with Crippen LogP contribution in [0.2, 0.25) is 0 Å². The van der Waals surface area contributed by atoms with Gasteiger partial charge in [-0.3, -0.25) is 0 Å². The second kappa shape index (κ2) is 24.0. The summed E-state index contributed by atoms with van der Waals surface area (Å²) in [6, 6.07) is 22.8. The van der Waals surface area contributed by atoms with Gasteiger partial charge in [0.05, 0.1) is 0 Å². The van der Waals surface area contributed by atoms with E-state index in [-0.39, 0.29) is 5.66 Å². The summed E-state index contributed by atoms with van der Waals surface area (Å²) in [6.07, 6.45) is 36.4. The molecule has 0 bridgehead atoms. The van der Waals surface area contributed by atoms with Gasteiger partial charge >= 0.3 is 0 Å². The maximum absolute atomic E-state index is 2.78. The quantitative estimate of drug-likeness (QED) is 0.0865. The molecule has 3 rings (SSSR count). The lowest BCUT2D eigenvalue weighted by atomic mass is 9.78. The highest BCUT2D eigenvalue weighted by molar-refractivity contribution is 5.30. The molecule has 2 heteroatoms. The molecule has 46 heavy (non-hydrogen) atoms. The summed E-state index contributed by atoms with van der Waals surface area (Å²) in [4.78, 5) is 5.57. The molecule has 2 aromatic carbocycles. The Kier molecular flexibility index (Phi) is 19.9. The average Bonchev–Trinajstić information content (AvgIpc) is 3.42. The van der Waals surface area contributed by atoms with Crippen molar-refractivity contribution < 1.29 is 0 Å². The summed E-state index contributed by atoms with van der Waals surface area (Å²) in [5, 5.41) is 0. The number of benzene rings is 2. The van der Waals surface area contributed by atoms with E-state index in [2.05, 4.69) is 104 Å². The van der Waals surface area contributed by atoms with E-state index in [0.29, 0.717) is 5.92 Å². The van der Waals surface area contributed by atoms with Crippen LogP contribution in [0.15, 0.2) is 73.1 Å². The molecule has 2 aromatic rings. The zero-order chi connectivity index (χ0) is 32.5. The highest BCUT2D eigenvalue weighted by Gasteiger charge is 2.49. The molecular formula is C44H72N2. The Bertz CT molecular complexity index is 1000. The van der Waals surface area contributed by atoms with Crippen molar-refractivity contribution in [2.45, 2.75) is 180 Å². The molecule has 0 aliphatic carbocycles. The van der Waals surface area contributed by atoms with Crippen molar-refractivity contribution in [3.63, 3.8) is 0 Å². The van der Waals surface area contributed by atoms with Crippen molar-refractivity contribution in [2.75, 3.05) is 13.1 Å². The monoisotopic (exact) mass is 629 g/mol. The van der Waals surface area contributed by atoms with Gasteiger partial charge < -0.3 is 9.80 Å². The molecule has 0 saturated heterocycles. The molecule has 0 amide bonds. The molecule has 0 spiro atoms. The Hall–Kier alpha value is -2.22. The lowest BCUT2D eigenvalue weighted by Gasteiger charge is -2.51. The summed E-state index contributed by atoms with van der Waals surface area (Å²) in [5.74, 6) is 0.444. The average molecular weight is 629 g/mol. The van der Waals surface area contributed by atoms with Crippen LogP contribution in [0, 0.1) is 0 Å². The molecule has 0 saturated carbocycles. The summed E-state index contributed by atoms with van der Waals surface area (Å²) < 4.78 is 0. The maximum Gasteiger partial charge on any atom is 0.123 e. The van der Waals surface area contributed by atoms with Gasteiger partial charge in [0.2, 0.25) is 0 Å². The van der Waals surface area contributed by atoms with E-state index in [9.17, 15) is 0 Å². The van der Waals surface area contributed by atoms with Gasteiger partial charge in [-0.2, -0.15) is 0 Å². The van der Waals surface area contributed by atoms with Crippen LogP contribution in [-0.2, 0) is 6.42 Å². The normalized spacial score (nSPS) is 16.8. The molecule has 0 fully saturated rings. The molecule has 2 unspecified atom stereocenters. The first-order valence-electron chi connectivity index (χ1n) is 20.1. The molecule has 0 aromatic heterocycles. The minimum atomic E-state index is -0.0603. The van der Waals surface area contributed by atoms with Crippen LogP contribution >= 0.6 is 0 Å². The van der Waals surface area contributed by atoms with Gasteiger partial charge in [0.1, 0.15) is 5.66 Å². The molecule has 0 radical (unpaired) electrons. The molecule has 1 aliphatic heterocycles. The SMILES string of the molecule is CCCCCCCCCCCCCN1C=CN(CCCCCCCCCCCC)C1(Cc1ccccc1)C(CC)c1ccccc1. The molecular weight excluding hydrogens is 556 g/mol. The fourth-order valence-corrected chi connectivity index (χ4v) is 7.97. The Morgan fingerprint density at radius 3 is 1.22 bits per heavy atom. The number of unbranched alkanes of at least 4 members (excludes halogenated alkanes) is 19. The first-order valence-corrected chi connectivity index (χ1v) is 20.1. The molecule has 1 heterocycles. The Balaban J connectivity index is 1.64. The molecule has 2 nitrogen and oxygen atoms in total. The van der Waals surface area contributed by atoms with Gasteiger partial charge in [0.25, 0.3) is 0 Å². The minimum absolute atomic E-state index is 0.0603. The zero-order valence-corrected chi connectivity index (χ0v) is 30.6. The predicted molar refractivity (Wildman–Crippen MR) is 203 cm³/mol. The van der Waals surface area contributed by atoms with E-state index < -0.39 is 0 Å². The topological polar surface area (TPSA) is 6.48 Å². The zero-order valence-electron chi connectivity index (χ0n) is 30.6. The van der Waals surface area contributed by atoms with E-state index in [0.717, 1.165) is 25.9 Å². The molecule has 1 aliphatic rings. The number of rotatable bonds is 28. The van der Waals surface area contributed by atoms with Crippen molar-refractivity contribution in [3.05, 3.63) is 84.2 Å². The fourth-order valence-electron chi connectivity index (χ4n) is 7.97. The van der Waals surface area contributed by atoms with Gasteiger partial charge in [0.15, 0.2) is 0 Å². The summed E-state index contributed by atoms with van der Waals surface area (Å²) in [7, 11) is 0. The van der Waals surface area contributed by atoms with E-state index in [4.69, 9.17) is 0 Å².